The highest BCUT2D eigenvalue weighted by molar-refractivity contribution is 6.07. The molecular weight excluding hydrogens is 382 g/mol. The molecule has 1 fully saturated rings. The topological polar surface area (TPSA) is 177 Å². The molecule has 3 heterocycles. The van der Waals surface area contributed by atoms with Crippen LogP contribution in [0, 0.1) is 0 Å². The van der Waals surface area contributed by atoms with Crippen LogP contribution in [0.25, 0.3) is 11.6 Å². The van der Waals surface area contributed by atoms with E-state index >= 15 is 0 Å². The van der Waals surface area contributed by atoms with Gasteiger partial charge in [0.1, 0.15) is 0 Å². The number of imide groups is 1. The fraction of sp³-hybridized carbons (Fsp3) is 0.0556. The first-order valence-electron chi connectivity index (χ1n) is 8.21. The highest BCUT2D eigenvalue weighted by Crippen LogP contribution is 2.19. The van der Waals surface area contributed by atoms with E-state index in [1.165, 1.54) is 36.7 Å². The number of hydrogen-bond donors (Lipinski definition) is 6. The number of rotatable bonds is 4. The van der Waals surface area contributed by atoms with E-state index in [2.05, 4.69) is 15.3 Å². The fourth-order valence-corrected chi connectivity index (χ4v) is 2.49. The number of aromatic hydroxyl groups is 1. The third-order valence-corrected chi connectivity index (χ3v) is 3.90. The summed E-state index contributed by atoms with van der Waals surface area (Å²) in [7, 11) is 0. The molecule has 1 aliphatic rings. The number of urea groups is 1. The van der Waals surface area contributed by atoms with Crippen LogP contribution >= 0.6 is 0 Å². The molecule has 0 aliphatic carbocycles. The summed E-state index contributed by atoms with van der Waals surface area (Å²) in [6.45, 7) is 0. The highest BCUT2D eigenvalue weighted by atomic mass is 16.3. The quantitative estimate of drug-likeness (QED) is 0.293. The van der Waals surface area contributed by atoms with Crippen molar-refractivity contribution in [3.05, 3.63) is 80.3 Å². The van der Waals surface area contributed by atoms with Crippen LogP contribution in [0.3, 0.4) is 0 Å². The summed E-state index contributed by atoms with van der Waals surface area (Å²) in [6, 6.07) is 2.50. The summed E-state index contributed by atoms with van der Waals surface area (Å²) in [5.41, 5.74) is -0.808. The van der Waals surface area contributed by atoms with E-state index in [4.69, 9.17) is 0 Å². The Balaban J connectivity index is 2.03. The molecule has 0 spiro atoms. The number of hydrogen-bond acceptors (Lipinski definition) is 7. The maximum Gasteiger partial charge on any atom is 0.328 e. The molecule has 11 nitrogen and oxygen atoms in total. The van der Waals surface area contributed by atoms with Crippen molar-refractivity contribution in [2.75, 3.05) is 0 Å². The van der Waals surface area contributed by atoms with Crippen molar-refractivity contribution in [3.63, 3.8) is 0 Å². The Kier molecular flexibility index (Phi) is 5.51. The van der Waals surface area contributed by atoms with E-state index in [1.54, 1.807) is 12.1 Å². The van der Waals surface area contributed by atoms with Gasteiger partial charge in [-0.2, -0.15) is 0 Å². The van der Waals surface area contributed by atoms with Crippen molar-refractivity contribution in [2.24, 2.45) is 0 Å². The van der Waals surface area contributed by atoms with Gasteiger partial charge in [-0.3, -0.25) is 29.9 Å². The van der Waals surface area contributed by atoms with Crippen molar-refractivity contribution >= 4 is 23.6 Å². The van der Waals surface area contributed by atoms with Crippen molar-refractivity contribution < 1.29 is 19.8 Å². The number of allylic oxidation sites excluding steroid dienone is 4. The van der Waals surface area contributed by atoms with Crippen LogP contribution in [0.15, 0.2) is 57.9 Å². The van der Waals surface area contributed by atoms with E-state index < -0.39 is 35.3 Å². The monoisotopic (exact) mass is 397 g/mol. The van der Waals surface area contributed by atoms with E-state index in [-0.39, 0.29) is 11.1 Å². The second kappa shape index (κ2) is 8.19. The standard InChI is InChI=1S/C18H15N5O6/c24-13-11(14(25)21-17(28)20-13)3-1-9(10-5-7-19-8-6-10)2-4-12-15(26)22-18(29)23-16(12)27/h1-8,13,24H,(H2,20,21,25,28)(H3,22,23,26,27,29). The summed E-state index contributed by atoms with van der Waals surface area (Å²) in [6.07, 6.45) is 7.07. The van der Waals surface area contributed by atoms with Gasteiger partial charge in [0.15, 0.2) is 6.23 Å². The molecule has 1 unspecified atom stereocenters. The Morgan fingerprint density at radius 3 is 2.48 bits per heavy atom. The number of aliphatic hydroxyl groups excluding tert-OH is 1. The second-order valence-electron chi connectivity index (χ2n) is 5.81. The molecule has 0 bridgehead atoms. The summed E-state index contributed by atoms with van der Waals surface area (Å²) in [5, 5.41) is 23.8. The number of nitrogens with one attached hydrogen (secondary N) is 4. The number of aliphatic hydroxyl groups is 1. The van der Waals surface area contributed by atoms with Crippen LogP contribution in [0.1, 0.15) is 11.1 Å². The van der Waals surface area contributed by atoms with Crippen molar-refractivity contribution in [1.29, 1.82) is 0 Å². The van der Waals surface area contributed by atoms with Crippen molar-refractivity contribution in [2.45, 2.75) is 6.23 Å². The zero-order chi connectivity index (χ0) is 21.0. The number of amides is 3. The van der Waals surface area contributed by atoms with Crippen LogP contribution in [0.5, 0.6) is 5.88 Å². The smallest absolute Gasteiger partial charge is 0.328 e. The molecule has 6 N–H and O–H groups in total. The minimum atomic E-state index is -1.48. The largest absolute Gasteiger partial charge is 0.494 e. The normalized spacial score (nSPS) is 18.7. The molecule has 0 aromatic carbocycles. The summed E-state index contributed by atoms with van der Waals surface area (Å²) in [5.74, 6) is -1.36. The number of aromatic nitrogens is 3. The van der Waals surface area contributed by atoms with Gasteiger partial charge in [-0.05, 0) is 35.4 Å². The molecule has 2 aromatic heterocycles. The Labute approximate surface area is 162 Å². The first-order chi connectivity index (χ1) is 13.8. The molecule has 148 valence electrons. The van der Waals surface area contributed by atoms with Gasteiger partial charge in [0.2, 0.25) is 5.88 Å². The van der Waals surface area contributed by atoms with E-state index in [0.717, 1.165) is 0 Å². The molecule has 2 aromatic rings. The van der Waals surface area contributed by atoms with Crippen LogP contribution in [0.2, 0.25) is 0 Å². The van der Waals surface area contributed by atoms with Gasteiger partial charge in [0.25, 0.3) is 11.5 Å². The molecule has 1 saturated heterocycles. The summed E-state index contributed by atoms with van der Waals surface area (Å²) >= 11 is 0. The van der Waals surface area contributed by atoms with Gasteiger partial charge in [-0.25, -0.2) is 9.59 Å². The summed E-state index contributed by atoms with van der Waals surface area (Å²) < 4.78 is 0. The fourth-order valence-electron chi connectivity index (χ4n) is 2.49. The number of aromatic amines is 2. The number of carbonyl (C=O) groups excluding carboxylic acids is 2. The van der Waals surface area contributed by atoms with Crippen molar-refractivity contribution in [1.82, 2.24) is 25.6 Å². The van der Waals surface area contributed by atoms with Gasteiger partial charge in [-0.1, -0.05) is 12.2 Å². The first kappa shape index (κ1) is 19.5. The molecule has 29 heavy (non-hydrogen) atoms. The Morgan fingerprint density at radius 1 is 1.10 bits per heavy atom. The lowest BCUT2D eigenvalue weighted by atomic mass is 10.0. The first-order valence-corrected chi connectivity index (χ1v) is 8.21. The number of H-pyrrole nitrogens is 2. The second-order valence-corrected chi connectivity index (χ2v) is 5.81. The minimum absolute atomic E-state index is 0.103. The Bertz CT molecular complexity index is 1160. The van der Waals surface area contributed by atoms with Gasteiger partial charge in [0, 0.05) is 12.4 Å². The predicted molar refractivity (Wildman–Crippen MR) is 101 cm³/mol. The predicted octanol–water partition coefficient (Wildman–Crippen LogP) is -0.655. The van der Waals surface area contributed by atoms with E-state index in [0.29, 0.717) is 11.1 Å². The Hall–Kier alpha value is -4.25. The number of pyridine rings is 1. The third-order valence-electron chi connectivity index (χ3n) is 3.90. The number of carbonyl (C=O) groups is 2. The lowest BCUT2D eigenvalue weighted by Gasteiger charge is -2.21. The average Bonchev–Trinajstić information content (AvgIpc) is 2.65. The van der Waals surface area contributed by atoms with E-state index in [1.807, 2.05) is 10.3 Å². The van der Waals surface area contributed by atoms with Crippen LogP contribution in [-0.4, -0.2) is 43.3 Å². The molecule has 0 radical (unpaired) electrons. The van der Waals surface area contributed by atoms with Crippen LogP contribution in [-0.2, 0) is 4.79 Å². The average molecular weight is 397 g/mol. The molecule has 0 saturated carbocycles. The highest BCUT2D eigenvalue weighted by Gasteiger charge is 2.27. The maximum atomic E-state index is 11.9. The maximum absolute atomic E-state index is 11.9. The molecule has 3 rings (SSSR count). The third kappa shape index (κ3) is 4.54. The zero-order valence-electron chi connectivity index (χ0n) is 14.7. The van der Waals surface area contributed by atoms with Gasteiger partial charge in [0.05, 0.1) is 11.1 Å². The minimum Gasteiger partial charge on any atom is -0.494 e. The molecule has 1 atom stereocenters. The molecular formula is C18H15N5O6. The molecule has 11 heteroatoms. The Morgan fingerprint density at radius 2 is 1.83 bits per heavy atom. The van der Waals surface area contributed by atoms with E-state index in [9.17, 15) is 29.4 Å². The molecule has 3 amide bonds. The van der Waals surface area contributed by atoms with Crippen molar-refractivity contribution in [3.8, 4) is 5.88 Å². The van der Waals surface area contributed by atoms with Gasteiger partial charge >= 0.3 is 11.7 Å². The van der Waals surface area contributed by atoms with Crippen LogP contribution in [0.4, 0.5) is 4.79 Å². The van der Waals surface area contributed by atoms with Gasteiger partial charge < -0.3 is 15.5 Å². The van der Waals surface area contributed by atoms with Gasteiger partial charge in [-0.15, -0.1) is 0 Å². The lowest BCUT2D eigenvalue weighted by molar-refractivity contribution is -0.118. The molecule has 1 aliphatic heterocycles. The zero-order valence-corrected chi connectivity index (χ0v) is 14.7. The number of nitrogens with zero attached hydrogens (tertiary/aromatic N) is 1. The SMILES string of the molecule is O=C1NC(=O)C(=CC=C(C=Cc2c(O)[nH]c(=O)[nH]c2=O)c2ccncc2)C(O)N1. The summed E-state index contributed by atoms with van der Waals surface area (Å²) in [4.78, 5) is 54.1. The van der Waals surface area contributed by atoms with Crippen LogP contribution < -0.4 is 21.9 Å². The lowest BCUT2D eigenvalue weighted by Crippen LogP contribution is -2.53.